The van der Waals surface area contributed by atoms with E-state index < -0.39 is 38.8 Å². The van der Waals surface area contributed by atoms with Crippen LogP contribution in [-0.2, 0) is 13.9 Å². The van der Waals surface area contributed by atoms with Crippen molar-refractivity contribution < 1.29 is 44.1 Å². The van der Waals surface area contributed by atoms with E-state index in [1.165, 1.54) is 0 Å². The van der Waals surface area contributed by atoms with E-state index in [1.807, 2.05) is 0 Å². The predicted molar refractivity (Wildman–Crippen MR) is 49.4 cm³/mol. The zero-order valence-corrected chi connectivity index (χ0v) is 10.9. The van der Waals surface area contributed by atoms with Crippen LogP contribution >= 0.6 is 7.82 Å². The molecule has 0 bridgehead atoms. The number of hydrogen-bond donors (Lipinski definition) is 4. The third-order valence-corrected chi connectivity index (χ3v) is 2.10. The predicted octanol–water partition coefficient (Wildman–Crippen LogP) is -4.91. The molecule has 0 aromatic carbocycles. The molecule has 4 N–H and O–H groups in total. The number of hydrogen-bond acceptors (Lipinski definition) is 9. The van der Waals surface area contributed by atoms with Crippen LogP contribution in [0.4, 0.5) is 0 Å². The summed E-state index contributed by atoms with van der Waals surface area (Å²) >= 11 is 0. The number of phosphoric ester groups is 1. The fourth-order valence-corrected chi connectivity index (χ4v) is 1.11. The van der Waals surface area contributed by atoms with Crippen LogP contribution in [0.2, 0.25) is 0 Å². The van der Waals surface area contributed by atoms with Crippen molar-refractivity contribution >= 4 is 37.2 Å². The Morgan fingerprint density at radius 1 is 1.18 bits per heavy atom. The molecule has 0 amide bonds. The van der Waals surface area contributed by atoms with Crippen molar-refractivity contribution in [3.05, 3.63) is 0 Å². The molecule has 0 saturated carbocycles. The normalized spacial score (nSPS) is 18.7. The molecule has 0 heterocycles. The molecule has 0 aliphatic rings. The summed E-state index contributed by atoms with van der Waals surface area (Å²) < 4.78 is 13.6. The first-order valence-corrected chi connectivity index (χ1v) is 5.49. The van der Waals surface area contributed by atoms with E-state index in [0.717, 1.165) is 0 Å². The summed E-state index contributed by atoms with van der Waals surface area (Å²) in [6.45, 7) is -1.09. The maximum Gasteiger partial charge on any atom is 2.00 e. The van der Waals surface area contributed by atoms with E-state index in [0.29, 0.717) is 0 Å². The number of carbonyl (C=O) groups is 1. The molecule has 0 aromatic heterocycles. The van der Waals surface area contributed by atoms with E-state index in [1.54, 1.807) is 0 Å². The maximum absolute atomic E-state index is 10.0. The molecule has 0 spiro atoms. The van der Waals surface area contributed by atoms with Gasteiger partial charge in [0.1, 0.15) is 24.4 Å². The van der Waals surface area contributed by atoms with Crippen LogP contribution in [-0.4, -0.2) is 80.8 Å². The van der Waals surface area contributed by atoms with E-state index >= 15 is 0 Å². The molecule has 4 atom stereocenters. The van der Waals surface area contributed by atoms with Gasteiger partial charge in [0.15, 0.2) is 6.29 Å². The Hall–Kier alpha value is 0.386. The van der Waals surface area contributed by atoms with E-state index in [2.05, 4.69) is 4.52 Å². The van der Waals surface area contributed by atoms with Crippen LogP contribution in [0.5, 0.6) is 0 Å². The minimum absolute atomic E-state index is 0. The smallest absolute Gasteiger partial charge is 0.790 e. The molecule has 11 heteroatoms. The van der Waals surface area contributed by atoms with Gasteiger partial charge in [-0.05, 0) is 0 Å². The number of aliphatic hydroxyl groups is 4. The SMILES string of the molecule is O=CC(O)C(O)C(O)C(O)COP(=O)([O-])[O-].[Mg+2]. The third-order valence-electron chi connectivity index (χ3n) is 1.64. The summed E-state index contributed by atoms with van der Waals surface area (Å²) in [5, 5.41) is 35.9. The van der Waals surface area contributed by atoms with E-state index in [9.17, 15) is 19.1 Å². The first-order chi connectivity index (χ1) is 7.19. The molecule has 17 heavy (non-hydrogen) atoms. The van der Waals surface area contributed by atoms with Crippen molar-refractivity contribution in [3.8, 4) is 0 Å². The number of aliphatic hydroxyl groups excluding tert-OH is 4. The Morgan fingerprint density at radius 3 is 2.00 bits per heavy atom. The Morgan fingerprint density at radius 2 is 1.65 bits per heavy atom. The Balaban J connectivity index is 0. The number of aldehydes is 1. The second-order valence-electron chi connectivity index (χ2n) is 2.92. The van der Waals surface area contributed by atoms with Gasteiger partial charge >= 0.3 is 23.1 Å². The number of phosphoric acid groups is 1. The second kappa shape index (κ2) is 8.48. The Kier molecular flexibility index (Phi) is 9.84. The van der Waals surface area contributed by atoms with Crippen LogP contribution < -0.4 is 9.79 Å². The summed E-state index contributed by atoms with van der Waals surface area (Å²) in [5.41, 5.74) is 0. The van der Waals surface area contributed by atoms with Gasteiger partial charge in [0.25, 0.3) is 0 Å². The summed E-state index contributed by atoms with van der Waals surface area (Å²) in [5.74, 6) is 0. The van der Waals surface area contributed by atoms with Gasteiger partial charge in [0.2, 0.25) is 0 Å². The van der Waals surface area contributed by atoms with Gasteiger partial charge in [-0.2, -0.15) is 0 Å². The van der Waals surface area contributed by atoms with Crippen LogP contribution in [0.25, 0.3) is 0 Å². The van der Waals surface area contributed by atoms with Crippen molar-refractivity contribution in [3.63, 3.8) is 0 Å². The quantitative estimate of drug-likeness (QED) is 0.203. The zero-order chi connectivity index (χ0) is 12.9. The summed E-state index contributed by atoms with van der Waals surface area (Å²) in [4.78, 5) is 30.0. The largest absolute Gasteiger partial charge is 2.00 e. The molecule has 0 aromatic rings. The standard InChI is InChI=1S/C6H13O9P.Mg/c7-1-3(8)5(10)6(11)4(9)2-15-16(12,13)14;/h1,3-6,8-11H,2H2,(H2,12,13,14);/q;+2/p-2. The minimum Gasteiger partial charge on any atom is -0.790 e. The van der Waals surface area contributed by atoms with Gasteiger partial charge in [-0.3, -0.25) is 0 Å². The minimum atomic E-state index is -5.30. The van der Waals surface area contributed by atoms with Gasteiger partial charge < -0.3 is 44.1 Å². The van der Waals surface area contributed by atoms with Crippen molar-refractivity contribution in [1.82, 2.24) is 0 Å². The Labute approximate surface area is 112 Å². The molecule has 0 aliphatic heterocycles. The summed E-state index contributed by atoms with van der Waals surface area (Å²) in [7, 11) is -5.30. The monoisotopic (exact) mass is 282 g/mol. The fraction of sp³-hybridized carbons (Fsp3) is 0.833. The van der Waals surface area contributed by atoms with Gasteiger partial charge in [-0.25, -0.2) is 0 Å². The van der Waals surface area contributed by atoms with Crippen molar-refractivity contribution in [1.29, 1.82) is 0 Å². The van der Waals surface area contributed by atoms with Gasteiger partial charge in [0, 0.05) is 0 Å². The van der Waals surface area contributed by atoms with Crippen molar-refractivity contribution in [2.75, 3.05) is 6.61 Å². The molecule has 9 nitrogen and oxygen atoms in total. The Bertz CT molecular complexity index is 268. The van der Waals surface area contributed by atoms with E-state index in [-0.39, 0.29) is 29.3 Å². The first kappa shape index (κ1) is 19.7. The second-order valence-corrected chi connectivity index (χ2v) is 4.07. The van der Waals surface area contributed by atoms with Gasteiger partial charge in [0.05, 0.1) is 14.4 Å². The average Bonchev–Trinajstić information content (AvgIpc) is 2.21. The third kappa shape index (κ3) is 8.16. The van der Waals surface area contributed by atoms with Crippen LogP contribution in [0.1, 0.15) is 0 Å². The molecule has 0 radical (unpaired) electrons. The summed E-state index contributed by atoms with van der Waals surface area (Å²) in [6.07, 6.45) is -8.04. The molecule has 0 rings (SSSR count). The molecule has 4 unspecified atom stereocenters. The van der Waals surface area contributed by atoms with Crippen LogP contribution in [0.3, 0.4) is 0 Å². The first-order valence-electron chi connectivity index (χ1n) is 4.03. The maximum atomic E-state index is 10.0. The van der Waals surface area contributed by atoms with Crippen LogP contribution in [0, 0.1) is 0 Å². The topological polar surface area (TPSA) is 170 Å². The average molecular weight is 282 g/mol. The molecule has 0 aliphatic carbocycles. The molecule has 0 fully saturated rings. The number of carbonyl (C=O) groups excluding carboxylic acids is 1. The van der Waals surface area contributed by atoms with Crippen molar-refractivity contribution in [2.24, 2.45) is 0 Å². The zero-order valence-electron chi connectivity index (χ0n) is 8.58. The van der Waals surface area contributed by atoms with Gasteiger partial charge in [-0.1, -0.05) is 0 Å². The number of rotatable bonds is 7. The van der Waals surface area contributed by atoms with Gasteiger partial charge in [-0.15, -0.1) is 0 Å². The van der Waals surface area contributed by atoms with Crippen molar-refractivity contribution in [2.45, 2.75) is 24.4 Å². The molecular formula is C6H11MgO9P. The fourth-order valence-electron chi connectivity index (χ4n) is 0.776. The van der Waals surface area contributed by atoms with E-state index in [4.69, 9.17) is 20.4 Å². The summed E-state index contributed by atoms with van der Waals surface area (Å²) in [6, 6.07) is 0. The molecular weight excluding hydrogens is 271 g/mol. The molecule has 0 saturated heterocycles. The van der Waals surface area contributed by atoms with Crippen LogP contribution in [0.15, 0.2) is 0 Å². The molecule has 96 valence electrons.